The molecule has 0 amide bonds. The summed E-state index contributed by atoms with van der Waals surface area (Å²) in [6, 6.07) is 23.7. The van der Waals surface area contributed by atoms with Gasteiger partial charge in [0.05, 0.1) is 0 Å². The van der Waals surface area contributed by atoms with Gasteiger partial charge in [0.1, 0.15) is 0 Å². The molecule has 128 valence electrons. The van der Waals surface area contributed by atoms with Gasteiger partial charge >= 0.3 is 7.82 Å². The van der Waals surface area contributed by atoms with Gasteiger partial charge in [0.25, 0.3) is 0 Å². The first-order valence-corrected chi connectivity index (χ1v) is 9.15. The van der Waals surface area contributed by atoms with Gasteiger partial charge in [-0.25, -0.2) is 4.57 Å². The average Bonchev–Trinajstić information content (AvgIpc) is 2.59. The van der Waals surface area contributed by atoms with E-state index in [0.29, 0.717) is 5.56 Å². The minimum atomic E-state index is -4.82. The lowest BCUT2D eigenvalue weighted by molar-refractivity contribution is 0.276. The SMILES string of the molecule is O=P(O)(O)Oc1c(O)cccc1C(c1ccccc1)c1ccccc1. The van der Waals surface area contributed by atoms with Crippen LogP contribution in [-0.4, -0.2) is 14.9 Å². The Morgan fingerprint density at radius 2 is 1.28 bits per heavy atom. The molecule has 3 aromatic carbocycles. The lowest BCUT2D eigenvalue weighted by Crippen LogP contribution is -2.06. The van der Waals surface area contributed by atoms with Gasteiger partial charge in [-0.15, -0.1) is 0 Å². The number of phosphoric acid groups is 1. The first kappa shape index (κ1) is 17.2. The van der Waals surface area contributed by atoms with Crippen LogP contribution in [0.2, 0.25) is 0 Å². The predicted molar refractivity (Wildman–Crippen MR) is 94.6 cm³/mol. The van der Waals surface area contributed by atoms with Crippen molar-refractivity contribution in [1.82, 2.24) is 0 Å². The number of rotatable bonds is 5. The van der Waals surface area contributed by atoms with E-state index in [1.165, 1.54) is 6.07 Å². The van der Waals surface area contributed by atoms with Crippen molar-refractivity contribution in [3.8, 4) is 11.5 Å². The Morgan fingerprint density at radius 3 is 1.76 bits per heavy atom. The molecule has 0 unspecified atom stereocenters. The van der Waals surface area contributed by atoms with Crippen LogP contribution in [0.3, 0.4) is 0 Å². The Balaban J connectivity index is 2.21. The van der Waals surface area contributed by atoms with E-state index in [1.807, 2.05) is 60.7 Å². The topological polar surface area (TPSA) is 87.0 Å². The molecule has 6 heteroatoms. The highest BCUT2D eigenvalue weighted by Crippen LogP contribution is 2.47. The molecule has 3 rings (SSSR count). The molecule has 0 spiro atoms. The Morgan fingerprint density at radius 1 is 0.760 bits per heavy atom. The molecule has 5 nitrogen and oxygen atoms in total. The van der Waals surface area contributed by atoms with Crippen molar-refractivity contribution in [2.24, 2.45) is 0 Å². The maximum atomic E-state index is 11.4. The zero-order chi connectivity index (χ0) is 17.9. The van der Waals surface area contributed by atoms with Crippen LogP contribution in [0, 0.1) is 0 Å². The van der Waals surface area contributed by atoms with Gasteiger partial charge in [0, 0.05) is 11.5 Å². The second-order valence-electron chi connectivity index (χ2n) is 5.53. The summed E-state index contributed by atoms with van der Waals surface area (Å²) in [6.07, 6.45) is 0. The lowest BCUT2D eigenvalue weighted by atomic mass is 9.84. The summed E-state index contributed by atoms with van der Waals surface area (Å²) in [6.45, 7) is 0. The Labute approximate surface area is 145 Å². The quantitative estimate of drug-likeness (QED) is 0.474. The number of phenolic OH excluding ortho intramolecular Hbond substituents is 1. The summed E-state index contributed by atoms with van der Waals surface area (Å²) in [7, 11) is -4.82. The zero-order valence-electron chi connectivity index (χ0n) is 13.2. The van der Waals surface area contributed by atoms with Crippen LogP contribution in [0.25, 0.3) is 0 Å². The molecular weight excluding hydrogens is 339 g/mol. The second-order valence-corrected chi connectivity index (χ2v) is 6.70. The van der Waals surface area contributed by atoms with E-state index in [4.69, 9.17) is 4.52 Å². The van der Waals surface area contributed by atoms with E-state index in [-0.39, 0.29) is 17.4 Å². The Bertz CT molecular complexity index is 851. The van der Waals surface area contributed by atoms with E-state index in [2.05, 4.69) is 0 Å². The van der Waals surface area contributed by atoms with Gasteiger partial charge in [-0.1, -0.05) is 72.8 Å². The fraction of sp³-hybridized carbons (Fsp3) is 0.0526. The summed E-state index contributed by atoms with van der Waals surface area (Å²) >= 11 is 0. The molecule has 3 aromatic rings. The fourth-order valence-corrected chi connectivity index (χ4v) is 3.27. The predicted octanol–water partition coefficient (Wildman–Crippen LogP) is 4.04. The van der Waals surface area contributed by atoms with E-state index in [9.17, 15) is 19.5 Å². The summed E-state index contributed by atoms with van der Waals surface area (Å²) < 4.78 is 16.2. The normalized spacial score (nSPS) is 11.5. The average molecular weight is 356 g/mol. The molecule has 0 aliphatic heterocycles. The molecule has 0 heterocycles. The number of phosphoric ester groups is 1. The third-order valence-electron chi connectivity index (χ3n) is 3.81. The molecular formula is C19H17O5P. The highest BCUT2D eigenvalue weighted by atomic mass is 31.2. The molecule has 25 heavy (non-hydrogen) atoms. The largest absolute Gasteiger partial charge is 0.524 e. The van der Waals surface area contributed by atoms with Crippen LogP contribution >= 0.6 is 7.82 Å². The van der Waals surface area contributed by atoms with Gasteiger partial charge in [-0.2, -0.15) is 0 Å². The molecule has 0 aliphatic carbocycles. The molecule has 0 saturated heterocycles. The van der Waals surface area contributed by atoms with Crippen molar-refractivity contribution in [3.63, 3.8) is 0 Å². The number of aromatic hydroxyl groups is 1. The second kappa shape index (κ2) is 7.11. The fourth-order valence-electron chi connectivity index (χ4n) is 2.83. The third-order valence-corrected chi connectivity index (χ3v) is 4.23. The van der Waals surface area contributed by atoms with Crippen LogP contribution < -0.4 is 4.52 Å². The summed E-state index contributed by atoms with van der Waals surface area (Å²) in [4.78, 5) is 18.4. The zero-order valence-corrected chi connectivity index (χ0v) is 14.1. The van der Waals surface area contributed by atoms with Crippen molar-refractivity contribution in [3.05, 3.63) is 95.6 Å². The van der Waals surface area contributed by atoms with Crippen molar-refractivity contribution in [1.29, 1.82) is 0 Å². The van der Waals surface area contributed by atoms with Crippen LogP contribution in [-0.2, 0) is 4.57 Å². The first-order valence-electron chi connectivity index (χ1n) is 7.62. The van der Waals surface area contributed by atoms with Crippen LogP contribution in [0.1, 0.15) is 22.6 Å². The molecule has 0 aromatic heterocycles. The van der Waals surface area contributed by atoms with Gasteiger partial charge in [-0.05, 0) is 17.2 Å². The monoisotopic (exact) mass is 356 g/mol. The number of benzene rings is 3. The highest BCUT2D eigenvalue weighted by molar-refractivity contribution is 7.46. The minimum Gasteiger partial charge on any atom is -0.504 e. The molecule has 3 N–H and O–H groups in total. The maximum absolute atomic E-state index is 11.4. The smallest absolute Gasteiger partial charge is 0.504 e. The standard InChI is InChI=1S/C19H17O5P/c20-17-13-7-12-16(19(17)24-25(21,22)23)18(14-8-3-1-4-9-14)15-10-5-2-6-11-15/h1-13,18,20H,(H2,21,22,23). The summed E-state index contributed by atoms with van der Waals surface area (Å²) in [5, 5.41) is 10.1. The summed E-state index contributed by atoms with van der Waals surface area (Å²) in [5.74, 6) is -0.887. The Hall–Kier alpha value is -2.59. The highest BCUT2D eigenvalue weighted by Gasteiger charge is 2.27. The Kier molecular flexibility index (Phi) is 4.91. The van der Waals surface area contributed by atoms with Gasteiger partial charge in [0.15, 0.2) is 11.5 Å². The molecule has 0 saturated carbocycles. The number of para-hydroxylation sites is 1. The number of phenols is 1. The van der Waals surface area contributed by atoms with Gasteiger partial charge in [-0.3, -0.25) is 9.79 Å². The molecule has 0 atom stereocenters. The summed E-state index contributed by atoms with van der Waals surface area (Å²) in [5.41, 5.74) is 2.30. The third kappa shape index (κ3) is 4.09. The van der Waals surface area contributed by atoms with Crippen molar-refractivity contribution in [2.45, 2.75) is 5.92 Å². The minimum absolute atomic E-state index is 0.214. The maximum Gasteiger partial charge on any atom is 0.524 e. The molecule has 0 fully saturated rings. The van der Waals surface area contributed by atoms with Crippen molar-refractivity contribution >= 4 is 7.82 Å². The van der Waals surface area contributed by atoms with Crippen LogP contribution in [0.4, 0.5) is 0 Å². The van der Waals surface area contributed by atoms with Crippen molar-refractivity contribution in [2.75, 3.05) is 0 Å². The first-order chi connectivity index (χ1) is 12.0. The number of hydrogen-bond donors (Lipinski definition) is 3. The molecule has 0 radical (unpaired) electrons. The van der Waals surface area contributed by atoms with E-state index in [1.54, 1.807) is 12.1 Å². The van der Waals surface area contributed by atoms with E-state index >= 15 is 0 Å². The molecule has 0 bridgehead atoms. The lowest BCUT2D eigenvalue weighted by Gasteiger charge is -2.22. The van der Waals surface area contributed by atoms with Gasteiger partial charge < -0.3 is 9.63 Å². The number of hydrogen-bond acceptors (Lipinski definition) is 3. The van der Waals surface area contributed by atoms with E-state index in [0.717, 1.165) is 11.1 Å². The van der Waals surface area contributed by atoms with Gasteiger partial charge in [0.2, 0.25) is 0 Å². The van der Waals surface area contributed by atoms with Crippen molar-refractivity contribution < 1.29 is 24.0 Å². The van der Waals surface area contributed by atoms with E-state index < -0.39 is 7.82 Å². The van der Waals surface area contributed by atoms with Crippen LogP contribution in [0.15, 0.2) is 78.9 Å². The molecule has 0 aliphatic rings. The van der Waals surface area contributed by atoms with Crippen LogP contribution in [0.5, 0.6) is 11.5 Å².